The maximum atomic E-state index is 4.58. The van der Waals surface area contributed by atoms with E-state index >= 15 is 0 Å². The van der Waals surface area contributed by atoms with Crippen molar-refractivity contribution in [2.75, 3.05) is 18.0 Å². The molecule has 0 aromatic carbocycles. The van der Waals surface area contributed by atoms with Crippen LogP contribution in [-0.2, 0) is 0 Å². The fourth-order valence-electron chi connectivity index (χ4n) is 1.74. The van der Waals surface area contributed by atoms with Gasteiger partial charge in [-0.2, -0.15) is 0 Å². The smallest absolute Gasteiger partial charge is 0.128 e. The van der Waals surface area contributed by atoms with E-state index in [0.717, 1.165) is 11.5 Å². The van der Waals surface area contributed by atoms with Gasteiger partial charge in [-0.15, -0.1) is 0 Å². The van der Waals surface area contributed by atoms with Gasteiger partial charge in [0.15, 0.2) is 0 Å². The molecule has 0 bridgehead atoms. The van der Waals surface area contributed by atoms with E-state index in [4.69, 9.17) is 0 Å². The largest absolute Gasteiger partial charge is 0.357 e. The monoisotopic (exact) mass is 176 g/mol. The number of hydrogen-bond donors (Lipinski definition) is 0. The molecule has 0 aliphatic carbocycles. The summed E-state index contributed by atoms with van der Waals surface area (Å²) >= 11 is 0. The quantitative estimate of drug-likeness (QED) is 0.652. The third-order valence-corrected chi connectivity index (χ3v) is 2.77. The molecule has 1 saturated heterocycles. The van der Waals surface area contributed by atoms with Crippen LogP contribution in [0.4, 0.5) is 5.82 Å². The first-order valence-electron chi connectivity index (χ1n) is 4.96. The number of aryl methyl sites for hydroxylation is 2. The Labute approximate surface area is 79.6 Å². The van der Waals surface area contributed by atoms with Crippen molar-refractivity contribution in [1.29, 1.82) is 0 Å². The number of anilines is 1. The molecule has 13 heavy (non-hydrogen) atoms. The van der Waals surface area contributed by atoms with E-state index in [2.05, 4.69) is 35.9 Å². The maximum absolute atomic E-state index is 4.58. The minimum atomic E-state index is 1.15. The Morgan fingerprint density at radius 3 is 2.46 bits per heavy atom. The lowest BCUT2D eigenvalue weighted by molar-refractivity contribution is 0.926. The molecule has 70 valence electrons. The van der Waals surface area contributed by atoms with Crippen molar-refractivity contribution < 1.29 is 0 Å². The fourth-order valence-corrected chi connectivity index (χ4v) is 1.74. The Morgan fingerprint density at radius 2 is 1.85 bits per heavy atom. The van der Waals surface area contributed by atoms with E-state index in [1.807, 2.05) is 0 Å². The lowest BCUT2D eigenvalue weighted by Crippen LogP contribution is -2.19. The molecule has 0 saturated carbocycles. The van der Waals surface area contributed by atoms with Crippen molar-refractivity contribution in [2.24, 2.45) is 0 Å². The summed E-state index contributed by atoms with van der Waals surface area (Å²) in [5.74, 6) is 1.15. The van der Waals surface area contributed by atoms with Crippen LogP contribution in [0.3, 0.4) is 0 Å². The lowest BCUT2D eigenvalue weighted by Gasteiger charge is -2.16. The zero-order valence-corrected chi connectivity index (χ0v) is 8.38. The molecule has 1 aromatic heterocycles. The summed E-state index contributed by atoms with van der Waals surface area (Å²) in [5.41, 5.74) is 2.44. The normalized spacial score (nSPS) is 16.6. The molecule has 0 amide bonds. The third-order valence-electron chi connectivity index (χ3n) is 2.77. The summed E-state index contributed by atoms with van der Waals surface area (Å²) in [7, 11) is 0. The number of nitrogens with zero attached hydrogens (tertiary/aromatic N) is 2. The number of rotatable bonds is 1. The van der Waals surface area contributed by atoms with Crippen LogP contribution in [-0.4, -0.2) is 18.1 Å². The van der Waals surface area contributed by atoms with E-state index in [1.165, 1.54) is 31.5 Å². The van der Waals surface area contributed by atoms with Crippen LogP contribution in [0.2, 0.25) is 0 Å². The van der Waals surface area contributed by atoms with Gasteiger partial charge in [-0.1, -0.05) is 6.07 Å². The molecule has 0 radical (unpaired) electrons. The van der Waals surface area contributed by atoms with Crippen LogP contribution < -0.4 is 4.90 Å². The average molecular weight is 176 g/mol. The molecule has 0 spiro atoms. The highest BCUT2D eigenvalue weighted by atomic mass is 15.2. The molecule has 2 rings (SSSR count). The first-order valence-corrected chi connectivity index (χ1v) is 4.96. The van der Waals surface area contributed by atoms with Gasteiger partial charge in [0, 0.05) is 18.8 Å². The van der Waals surface area contributed by atoms with Gasteiger partial charge < -0.3 is 4.90 Å². The highest BCUT2D eigenvalue weighted by Crippen LogP contribution is 2.18. The third kappa shape index (κ3) is 1.67. The predicted molar refractivity (Wildman–Crippen MR) is 55.2 cm³/mol. The predicted octanol–water partition coefficient (Wildman–Crippen LogP) is 2.30. The molecule has 2 heteroatoms. The molecule has 1 aromatic rings. The molecule has 2 nitrogen and oxygen atoms in total. The molecule has 0 N–H and O–H groups in total. The first-order chi connectivity index (χ1) is 6.27. The Morgan fingerprint density at radius 1 is 1.15 bits per heavy atom. The highest BCUT2D eigenvalue weighted by Gasteiger charge is 2.13. The SMILES string of the molecule is Cc1ccc(N2CCCC2)nc1C. The molecule has 1 aliphatic heterocycles. The van der Waals surface area contributed by atoms with Gasteiger partial charge in [-0.3, -0.25) is 0 Å². The van der Waals surface area contributed by atoms with Crippen LogP contribution in [0.15, 0.2) is 12.1 Å². The Hall–Kier alpha value is -1.05. The van der Waals surface area contributed by atoms with Crippen molar-refractivity contribution in [3.05, 3.63) is 23.4 Å². The summed E-state index contributed by atoms with van der Waals surface area (Å²) in [6.45, 7) is 6.54. The molecular weight excluding hydrogens is 160 g/mol. The van der Waals surface area contributed by atoms with Gasteiger partial charge >= 0.3 is 0 Å². The van der Waals surface area contributed by atoms with Crippen LogP contribution in [0.1, 0.15) is 24.1 Å². The summed E-state index contributed by atoms with van der Waals surface area (Å²) in [6.07, 6.45) is 2.63. The second kappa shape index (κ2) is 3.36. The lowest BCUT2D eigenvalue weighted by atomic mass is 10.2. The van der Waals surface area contributed by atoms with Gasteiger partial charge in [-0.05, 0) is 38.3 Å². The summed E-state index contributed by atoms with van der Waals surface area (Å²) in [6, 6.07) is 4.30. The van der Waals surface area contributed by atoms with Crippen molar-refractivity contribution in [2.45, 2.75) is 26.7 Å². The summed E-state index contributed by atoms with van der Waals surface area (Å²) in [4.78, 5) is 6.95. The second-order valence-electron chi connectivity index (χ2n) is 3.77. The molecule has 0 unspecified atom stereocenters. The van der Waals surface area contributed by atoms with E-state index in [9.17, 15) is 0 Å². The molecule has 1 aliphatic rings. The second-order valence-corrected chi connectivity index (χ2v) is 3.77. The zero-order chi connectivity index (χ0) is 9.26. The van der Waals surface area contributed by atoms with Gasteiger partial charge in [-0.25, -0.2) is 4.98 Å². The van der Waals surface area contributed by atoms with E-state index in [0.29, 0.717) is 0 Å². The van der Waals surface area contributed by atoms with Gasteiger partial charge in [0.1, 0.15) is 5.82 Å². The standard InChI is InChI=1S/C11H16N2/c1-9-5-6-11(12-10(9)2)13-7-3-4-8-13/h5-6H,3-4,7-8H2,1-2H3. The summed E-state index contributed by atoms with van der Waals surface area (Å²) in [5, 5.41) is 0. The summed E-state index contributed by atoms with van der Waals surface area (Å²) < 4.78 is 0. The van der Waals surface area contributed by atoms with Crippen LogP contribution >= 0.6 is 0 Å². The minimum Gasteiger partial charge on any atom is -0.357 e. The molecule has 1 fully saturated rings. The molecule has 0 atom stereocenters. The topological polar surface area (TPSA) is 16.1 Å². The first kappa shape index (κ1) is 8.54. The van der Waals surface area contributed by atoms with Crippen molar-refractivity contribution in [3.8, 4) is 0 Å². The van der Waals surface area contributed by atoms with Crippen LogP contribution in [0, 0.1) is 13.8 Å². The van der Waals surface area contributed by atoms with Gasteiger partial charge in [0.25, 0.3) is 0 Å². The fraction of sp³-hybridized carbons (Fsp3) is 0.545. The minimum absolute atomic E-state index is 1.15. The average Bonchev–Trinajstić information content (AvgIpc) is 2.62. The highest BCUT2D eigenvalue weighted by molar-refractivity contribution is 5.42. The van der Waals surface area contributed by atoms with E-state index in [1.54, 1.807) is 0 Å². The van der Waals surface area contributed by atoms with Gasteiger partial charge in [0.05, 0.1) is 0 Å². The van der Waals surface area contributed by atoms with Crippen molar-refractivity contribution in [3.63, 3.8) is 0 Å². The van der Waals surface area contributed by atoms with Gasteiger partial charge in [0.2, 0.25) is 0 Å². The number of aromatic nitrogens is 1. The Bertz CT molecular complexity index is 301. The number of pyridine rings is 1. The zero-order valence-electron chi connectivity index (χ0n) is 8.38. The van der Waals surface area contributed by atoms with E-state index in [-0.39, 0.29) is 0 Å². The van der Waals surface area contributed by atoms with Crippen molar-refractivity contribution in [1.82, 2.24) is 4.98 Å². The van der Waals surface area contributed by atoms with Crippen LogP contribution in [0.5, 0.6) is 0 Å². The van der Waals surface area contributed by atoms with Crippen molar-refractivity contribution >= 4 is 5.82 Å². The number of hydrogen-bond acceptors (Lipinski definition) is 2. The maximum Gasteiger partial charge on any atom is 0.128 e. The van der Waals surface area contributed by atoms with E-state index < -0.39 is 0 Å². The molecule has 2 heterocycles. The Balaban J connectivity index is 2.25. The molecular formula is C11H16N2. The Kier molecular flexibility index (Phi) is 2.21. The van der Waals surface area contributed by atoms with Crippen LogP contribution in [0.25, 0.3) is 0 Å².